The van der Waals surface area contributed by atoms with Crippen molar-refractivity contribution < 1.29 is 13.2 Å². The summed E-state index contributed by atoms with van der Waals surface area (Å²) in [7, 11) is -0.852. The molecule has 0 radical (unpaired) electrons. The van der Waals surface area contributed by atoms with E-state index in [1.54, 1.807) is 6.07 Å². The zero-order valence-electron chi connectivity index (χ0n) is 12.7. The van der Waals surface area contributed by atoms with Gasteiger partial charge in [-0.05, 0) is 18.7 Å². The summed E-state index contributed by atoms with van der Waals surface area (Å²) in [5.41, 5.74) is 0.800. The van der Waals surface area contributed by atoms with Crippen molar-refractivity contribution in [3.8, 4) is 0 Å². The van der Waals surface area contributed by atoms with E-state index >= 15 is 0 Å². The molecular weight excluding hydrogens is 322 g/mol. The Morgan fingerprint density at radius 2 is 2.00 bits per heavy atom. The Morgan fingerprint density at radius 1 is 1.27 bits per heavy atom. The van der Waals surface area contributed by atoms with Crippen molar-refractivity contribution in [2.75, 3.05) is 46.3 Å². The SMILES string of the molecule is CN1CCN(CCNC(=O)c2cc3c(s2)CS(=O)(=O)C3)CC1. The van der Waals surface area contributed by atoms with Crippen molar-refractivity contribution in [1.29, 1.82) is 0 Å². The Labute approximate surface area is 135 Å². The Kier molecular flexibility index (Phi) is 4.54. The van der Waals surface area contributed by atoms with Crippen LogP contribution >= 0.6 is 11.3 Å². The molecule has 2 aliphatic rings. The van der Waals surface area contributed by atoms with Crippen LogP contribution < -0.4 is 5.32 Å². The van der Waals surface area contributed by atoms with Crippen LogP contribution in [0.5, 0.6) is 0 Å². The van der Waals surface area contributed by atoms with E-state index in [1.165, 1.54) is 11.3 Å². The number of likely N-dealkylation sites (N-methyl/N-ethyl adjacent to an activating group) is 1. The first-order valence-corrected chi connectivity index (χ1v) is 10.1. The highest BCUT2D eigenvalue weighted by atomic mass is 32.2. The molecule has 1 aromatic rings. The molecule has 8 heteroatoms. The van der Waals surface area contributed by atoms with E-state index < -0.39 is 9.84 Å². The lowest BCUT2D eigenvalue weighted by Gasteiger charge is -2.32. The topological polar surface area (TPSA) is 69.7 Å². The molecule has 0 aromatic carbocycles. The van der Waals surface area contributed by atoms with Crippen LogP contribution in [-0.2, 0) is 21.3 Å². The van der Waals surface area contributed by atoms with Gasteiger partial charge in [0.25, 0.3) is 5.91 Å². The first-order chi connectivity index (χ1) is 10.4. The summed E-state index contributed by atoms with van der Waals surface area (Å²) >= 11 is 1.31. The highest BCUT2D eigenvalue weighted by molar-refractivity contribution is 7.90. The number of rotatable bonds is 4. The van der Waals surface area contributed by atoms with Crippen molar-refractivity contribution in [1.82, 2.24) is 15.1 Å². The first kappa shape index (κ1) is 15.9. The number of nitrogens with one attached hydrogen (secondary N) is 1. The number of thiophene rings is 1. The second-order valence-electron chi connectivity index (χ2n) is 5.99. The number of hydrogen-bond acceptors (Lipinski definition) is 6. The average Bonchev–Trinajstić information content (AvgIpc) is 2.94. The summed E-state index contributed by atoms with van der Waals surface area (Å²) in [6.07, 6.45) is 0. The molecule has 0 spiro atoms. The van der Waals surface area contributed by atoms with Gasteiger partial charge in [-0.3, -0.25) is 9.69 Å². The van der Waals surface area contributed by atoms with Crippen molar-refractivity contribution in [3.05, 3.63) is 21.4 Å². The zero-order chi connectivity index (χ0) is 15.7. The Bertz CT molecular complexity index is 631. The van der Waals surface area contributed by atoms with Crippen LogP contribution in [0, 0.1) is 0 Å². The van der Waals surface area contributed by atoms with Crippen LogP contribution in [0.15, 0.2) is 6.07 Å². The second-order valence-corrected chi connectivity index (χ2v) is 9.19. The van der Waals surface area contributed by atoms with Crippen LogP contribution in [0.3, 0.4) is 0 Å². The van der Waals surface area contributed by atoms with Crippen molar-refractivity contribution in [3.63, 3.8) is 0 Å². The molecule has 0 bridgehead atoms. The number of amides is 1. The van der Waals surface area contributed by atoms with Crippen LogP contribution in [0.2, 0.25) is 0 Å². The largest absolute Gasteiger partial charge is 0.350 e. The summed E-state index contributed by atoms with van der Waals surface area (Å²) in [5, 5.41) is 2.93. The number of sulfone groups is 1. The van der Waals surface area contributed by atoms with Crippen molar-refractivity contribution in [2.45, 2.75) is 11.5 Å². The molecule has 0 saturated carbocycles. The van der Waals surface area contributed by atoms with E-state index in [9.17, 15) is 13.2 Å². The molecule has 1 saturated heterocycles. The molecule has 2 aliphatic heterocycles. The predicted molar refractivity (Wildman–Crippen MR) is 86.9 cm³/mol. The molecule has 1 fully saturated rings. The van der Waals surface area contributed by atoms with Gasteiger partial charge in [0.2, 0.25) is 0 Å². The molecule has 0 unspecified atom stereocenters. The van der Waals surface area contributed by atoms with Gasteiger partial charge < -0.3 is 10.2 Å². The standard InChI is InChI=1S/C14H21N3O3S2/c1-16-4-6-17(7-5-16)3-2-15-14(18)12-8-11-9-22(19,20)10-13(11)21-12/h8H,2-7,9-10H2,1H3,(H,15,18). The maximum absolute atomic E-state index is 12.1. The lowest BCUT2D eigenvalue weighted by atomic mass is 10.3. The summed E-state index contributed by atoms with van der Waals surface area (Å²) < 4.78 is 23.0. The molecule has 6 nitrogen and oxygen atoms in total. The Morgan fingerprint density at radius 3 is 2.68 bits per heavy atom. The molecule has 0 aliphatic carbocycles. The Hall–Kier alpha value is -0.960. The molecule has 122 valence electrons. The molecular formula is C14H21N3O3S2. The van der Waals surface area contributed by atoms with Crippen LogP contribution in [0.4, 0.5) is 0 Å². The number of hydrogen-bond donors (Lipinski definition) is 1. The fourth-order valence-corrected chi connectivity index (χ4v) is 5.97. The molecule has 1 amide bonds. The fraction of sp³-hybridized carbons (Fsp3) is 0.643. The average molecular weight is 343 g/mol. The lowest BCUT2D eigenvalue weighted by molar-refractivity contribution is 0.0945. The monoisotopic (exact) mass is 343 g/mol. The van der Waals surface area contributed by atoms with Crippen molar-refractivity contribution in [2.24, 2.45) is 0 Å². The van der Waals surface area contributed by atoms with E-state index in [0.29, 0.717) is 11.4 Å². The predicted octanol–water partition coefficient (Wildman–Crippen LogP) is 0.154. The second kappa shape index (κ2) is 6.27. The summed E-state index contributed by atoms with van der Waals surface area (Å²) in [6, 6.07) is 1.73. The van der Waals surface area contributed by atoms with Gasteiger partial charge in [-0.1, -0.05) is 0 Å². The smallest absolute Gasteiger partial charge is 0.261 e. The molecule has 1 aromatic heterocycles. The summed E-state index contributed by atoms with van der Waals surface area (Å²) in [5.74, 6) is 0.0700. The molecule has 22 heavy (non-hydrogen) atoms. The number of piperazine rings is 1. The zero-order valence-corrected chi connectivity index (χ0v) is 14.3. The fourth-order valence-electron chi connectivity index (χ4n) is 2.80. The molecule has 3 heterocycles. The lowest BCUT2D eigenvalue weighted by Crippen LogP contribution is -2.46. The Balaban J connectivity index is 1.47. The maximum atomic E-state index is 12.1. The van der Waals surface area contributed by atoms with E-state index in [4.69, 9.17) is 0 Å². The maximum Gasteiger partial charge on any atom is 0.261 e. The van der Waals surface area contributed by atoms with Crippen LogP contribution in [0.25, 0.3) is 0 Å². The van der Waals surface area contributed by atoms with E-state index in [0.717, 1.165) is 43.2 Å². The number of fused-ring (bicyclic) bond motifs is 1. The van der Waals surface area contributed by atoms with Gasteiger partial charge >= 0.3 is 0 Å². The molecule has 1 N–H and O–H groups in total. The first-order valence-electron chi connectivity index (χ1n) is 7.44. The third-order valence-corrected chi connectivity index (χ3v) is 6.99. The van der Waals surface area contributed by atoms with Crippen LogP contribution in [-0.4, -0.2) is 70.4 Å². The molecule has 0 atom stereocenters. The van der Waals surface area contributed by atoms with E-state index in [2.05, 4.69) is 22.2 Å². The highest BCUT2D eigenvalue weighted by Gasteiger charge is 2.28. The van der Waals surface area contributed by atoms with E-state index in [-0.39, 0.29) is 17.4 Å². The van der Waals surface area contributed by atoms with E-state index in [1.807, 2.05) is 0 Å². The number of carbonyl (C=O) groups is 1. The summed E-state index contributed by atoms with van der Waals surface area (Å²) in [4.78, 5) is 18.2. The van der Waals surface area contributed by atoms with Gasteiger partial charge in [0.15, 0.2) is 9.84 Å². The normalized spacial score (nSPS) is 21.7. The number of carbonyl (C=O) groups excluding carboxylic acids is 1. The summed E-state index contributed by atoms with van der Waals surface area (Å²) in [6.45, 7) is 5.71. The third-order valence-electron chi connectivity index (χ3n) is 4.16. The van der Waals surface area contributed by atoms with Gasteiger partial charge in [0.05, 0.1) is 16.4 Å². The van der Waals surface area contributed by atoms with Gasteiger partial charge in [0.1, 0.15) is 0 Å². The minimum atomic E-state index is -2.97. The van der Waals surface area contributed by atoms with Crippen LogP contribution in [0.1, 0.15) is 20.1 Å². The minimum absolute atomic E-state index is 0.0768. The molecule has 3 rings (SSSR count). The van der Waals surface area contributed by atoms with Gasteiger partial charge in [-0.15, -0.1) is 11.3 Å². The minimum Gasteiger partial charge on any atom is -0.350 e. The van der Waals surface area contributed by atoms with Gasteiger partial charge in [-0.25, -0.2) is 8.42 Å². The van der Waals surface area contributed by atoms with Gasteiger partial charge in [0, 0.05) is 44.1 Å². The number of nitrogens with zero attached hydrogens (tertiary/aromatic N) is 2. The third kappa shape index (κ3) is 3.68. The van der Waals surface area contributed by atoms with Crippen molar-refractivity contribution >= 4 is 27.1 Å². The quantitative estimate of drug-likeness (QED) is 0.843. The highest BCUT2D eigenvalue weighted by Crippen LogP contribution is 2.32. The van der Waals surface area contributed by atoms with Gasteiger partial charge in [-0.2, -0.15) is 0 Å².